The zero-order valence-electron chi connectivity index (χ0n) is 8.09. The second-order valence-corrected chi connectivity index (χ2v) is 3.43. The number of nitrogens with zero attached hydrogens (tertiary/aromatic N) is 2. The Morgan fingerprint density at radius 3 is 2.87 bits per heavy atom. The molecule has 2 rings (SSSR count). The van der Waals surface area contributed by atoms with Crippen molar-refractivity contribution in [1.82, 2.24) is 4.98 Å². The van der Waals surface area contributed by atoms with Gasteiger partial charge in [0.2, 0.25) is 0 Å². The molecule has 5 nitrogen and oxygen atoms in total. The lowest BCUT2D eigenvalue weighted by Crippen LogP contribution is -2.15. The van der Waals surface area contributed by atoms with Crippen LogP contribution in [0.1, 0.15) is 12.8 Å². The largest absolute Gasteiger partial charge is 0.376 e. The molecule has 0 spiro atoms. The topological polar surface area (TPSA) is 68.1 Å². The van der Waals surface area contributed by atoms with Gasteiger partial charge in [0.25, 0.3) is 0 Å². The molecule has 0 atom stereocenters. The van der Waals surface area contributed by atoms with E-state index in [2.05, 4.69) is 22.5 Å². The van der Waals surface area contributed by atoms with E-state index in [-0.39, 0.29) is 11.7 Å². The van der Waals surface area contributed by atoms with E-state index in [4.69, 9.17) is 0 Å². The van der Waals surface area contributed by atoms with Crippen LogP contribution in [0.3, 0.4) is 0 Å². The number of hydrogen-bond donors (Lipinski definition) is 1. The quantitative estimate of drug-likeness (QED) is 0.466. The summed E-state index contributed by atoms with van der Waals surface area (Å²) in [5.74, 6) is 0. The van der Waals surface area contributed by atoms with Gasteiger partial charge in [0, 0.05) is 12.2 Å². The standard InChI is InChI=1S/C10H11N3O2/c14-13(15)10-7-11-6-5-9(10)12-8-3-1-2-4-8/h1-2,5-8H,3-4H2,(H,11,12). The first-order valence-corrected chi connectivity index (χ1v) is 4.77. The summed E-state index contributed by atoms with van der Waals surface area (Å²) in [6.45, 7) is 0. The predicted molar refractivity (Wildman–Crippen MR) is 56.7 cm³/mol. The maximum absolute atomic E-state index is 10.7. The summed E-state index contributed by atoms with van der Waals surface area (Å²) in [4.78, 5) is 14.0. The molecule has 1 aromatic heterocycles. The van der Waals surface area contributed by atoms with E-state index in [9.17, 15) is 10.1 Å². The Balaban J connectivity index is 2.16. The lowest BCUT2D eigenvalue weighted by atomic mass is 10.2. The number of nitro groups is 1. The van der Waals surface area contributed by atoms with Crippen molar-refractivity contribution in [1.29, 1.82) is 0 Å². The van der Waals surface area contributed by atoms with Crippen LogP contribution in [-0.4, -0.2) is 15.9 Å². The molecule has 78 valence electrons. The predicted octanol–water partition coefficient (Wildman–Crippen LogP) is 2.12. The maximum Gasteiger partial charge on any atom is 0.310 e. The Hall–Kier alpha value is -1.91. The number of anilines is 1. The molecule has 0 amide bonds. The van der Waals surface area contributed by atoms with Crippen molar-refractivity contribution in [2.24, 2.45) is 0 Å². The Morgan fingerprint density at radius 2 is 2.20 bits per heavy atom. The lowest BCUT2D eigenvalue weighted by molar-refractivity contribution is -0.384. The van der Waals surface area contributed by atoms with Gasteiger partial charge >= 0.3 is 5.69 Å². The zero-order chi connectivity index (χ0) is 10.7. The molecule has 1 aliphatic carbocycles. The number of nitrogens with one attached hydrogen (secondary N) is 1. The summed E-state index contributed by atoms with van der Waals surface area (Å²) in [5, 5.41) is 13.9. The normalized spacial score (nSPS) is 15.5. The van der Waals surface area contributed by atoms with Crippen LogP contribution >= 0.6 is 0 Å². The number of hydrogen-bond acceptors (Lipinski definition) is 4. The van der Waals surface area contributed by atoms with Crippen LogP contribution in [0.2, 0.25) is 0 Å². The van der Waals surface area contributed by atoms with Crippen molar-refractivity contribution in [3.63, 3.8) is 0 Å². The molecule has 1 aromatic rings. The van der Waals surface area contributed by atoms with E-state index in [0.29, 0.717) is 5.69 Å². The van der Waals surface area contributed by atoms with Crippen LogP contribution in [0.25, 0.3) is 0 Å². The van der Waals surface area contributed by atoms with Crippen LogP contribution in [0.4, 0.5) is 11.4 Å². The van der Waals surface area contributed by atoms with Gasteiger partial charge in [-0.3, -0.25) is 15.1 Å². The van der Waals surface area contributed by atoms with Crippen LogP contribution in [-0.2, 0) is 0 Å². The van der Waals surface area contributed by atoms with E-state index in [0.717, 1.165) is 12.8 Å². The molecule has 0 aliphatic heterocycles. The van der Waals surface area contributed by atoms with Gasteiger partial charge in [-0.2, -0.15) is 0 Å². The number of aromatic nitrogens is 1. The summed E-state index contributed by atoms with van der Waals surface area (Å²) < 4.78 is 0. The van der Waals surface area contributed by atoms with Gasteiger partial charge in [0.05, 0.1) is 4.92 Å². The van der Waals surface area contributed by atoms with Crippen LogP contribution in [0.5, 0.6) is 0 Å². The molecule has 0 unspecified atom stereocenters. The maximum atomic E-state index is 10.7. The molecular formula is C10H11N3O2. The summed E-state index contributed by atoms with van der Waals surface area (Å²) >= 11 is 0. The molecule has 0 aromatic carbocycles. The second-order valence-electron chi connectivity index (χ2n) is 3.43. The molecule has 0 saturated carbocycles. The van der Waals surface area contributed by atoms with Gasteiger partial charge in [-0.25, -0.2) is 0 Å². The Kier molecular flexibility index (Phi) is 2.62. The molecule has 5 heteroatoms. The molecule has 0 bridgehead atoms. The summed E-state index contributed by atoms with van der Waals surface area (Å²) in [7, 11) is 0. The zero-order valence-corrected chi connectivity index (χ0v) is 8.09. The molecule has 0 fully saturated rings. The highest BCUT2D eigenvalue weighted by atomic mass is 16.6. The van der Waals surface area contributed by atoms with Crippen LogP contribution in [0, 0.1) is 10.1 Å². The summed E-state index contributed by atoms with van der Waals surface area (Å²) in [6.07, 6.45) is 8.80. The van der Waals surface area contributed by atoms with Gasteiger partial charge in [-0.05, 0) is 18.9 Å². The van der Waals surface area contributed by atoms with Crippen molar-refractivity contribution in [3.8, 4) is 0 Å². The Morgan fingerprint density at radius 1 is 1.47 bits per heavy atom. The first kappa shape index (κ1) is 9.64. The third-order valence-corrected chi connectivity index (χ3v) is 2.36. The highest BCUT2D eigenvalue weighted by molar-refractivity contribution is 5.60. The highest BCUT2D eigenvalue weighted by Gasteiger charge is 2.17. The Labute approximate surface area is 87.0 Å². The fourth-order valence-electron chi connectivity index (χ4n) is 1.61. The summed E-state index contributed by atoms with van der Waals surface area (Å²) in [5.41, 5.74) is 0.577. The van der Waals surface area contributed by atoms with Gasteiger partial charge < -0.3 is 5.32 Å². The number of pyridine rings is 1. The van der Waals surface area contributed by atoms with E-state index < -0.39 is 4.92 Å². The number of rotatable bonds is 3. The van der Waals surface area contributed by atoms with Crippen LogP contribution < -0.4 is 5.32 Å². The molecular weight excluding hydrogens is 194 g/mol. The minimum Gasteiger partial charge on any atom is -0.376 e. The lowest BCUT2D eigenvalue weighted by Gasteiger charge is -2.12. The van der Waals surface area contributed by atoms with Crippen molar-refractivity contribution in [2.75, 3.05) is 5.32 Å². The average Bonchev–Trinajstić information content (AvgIpc) is 2.71. The first-order chi connectivity index (χ1) is 7.27. The molecule has 1 N–H and O–H groups in total. The first-order valence-electron chi connectivity index (χ1n) is 4.77. The molecule has 0 radical (unpaired) electrons. The fraction of sp³-hybridized carbons (Fsp3) is 0.300. The molecule has 1 heterocycles. The molecule has 0 saturated heterocycles. The van der Waals surface area contributed by atoms with Gasteiger partial charge in [-0.1, -0.05) is 12.2 Å². The Bertz CT molecular complexity index is 395. The van der Waals surface area contributed by atoms with Gasteiger partial charge in [0.1, 0.15) is 11.9 Å². The third kappa shape index (κ3) is 2.12. The average molecular weight is 205 g/mol. The fourth-order valence-corrected chi connectivity index (χ4v) is 1.61. The van der Waals surface area contributed by atoms with E-state index in [1.807, 2.05) is 0 Å². The van der Waals surface area contributed by atoms with Crippen molar-refractivity contribution < 1.29 is 4.92 Å². The monoisotopic (exact) mass is 205 g/mol. The minimum absolute atomic E-state index is 0.0319. The third-order valence-electron chi connectivity index (χ3n) is 2.36. The van der Waals surface area contributed by atoms with Crippen molar-refractivity contribution in [2.45, 2.75) is 18.9 Å². The van der Waals surface area contributed by atoms with Crippen molar-refractivity contribution >= 4 is 11.4 Å². The van der Waals surface area contributed by atoms with Gasteiger partial charge in [0.15, 0.2) is 0 Å². The summed E-state index contributed by atoms with van der Waals surface area (Å²) in [6, 6.07) is 1.90. The van der Waals surface area contributed by atoms with E-state index in [1.54, 1.807) is 12.3 Å². The van der Waals surface area contributed by atoms with Gasteiger partial charge in [-0.15, -0.1) is 0 Å². The second kappa shape index (κ2) is 4.08. The molecule has 15 heavy (non-hydrogen) atoms. The minimum atomic E-state index is -0.419. The van der Waals surface area contributed by atoms with Crippen LogP contribution in [0.15, 0.2) is 30.6 Å². The smallest absolute Gasteiger partial charge is 0.310 e. The van der Waals surface area contributed by atoms with Crippen molar-refractivity contribution in [3.05, 3.63) is 40.7 Å². The van der Waals surface area contributed by atoms with E-state index >= 15 is 0 Å². The highest BCUT2D eigenvalue weighted by Crippen LogP contribution is 2.25. The SMILES string of the molecule is O=[N+]([O-])c1cnccc1NC1CC=CC1. The van der Waals surface area contributed by atoms with E-state index in [1.165, 1.54) is 6.20 Å². The molecule has 1 aliphatic rings.